The molecule has 3 nitrogen and oxygen atoms in total. The zero-order chi connectivity index (χ0) is 8.20. The molecule has 0 fully saturated rings. The van der Waals surface area contributed by atoms with Crippen LogP contribution in [0.4, 0.5) is 0 Å². The summed E-state index contributed by atoms with van der Waals surface area (Å²) in [7, 11) is -3.29. The molecule has 0 aromatic carbocycles. The topological polar surface area (TPSA) is 43.4 Å². The second kappa shape index (κ2) is 3.73. The summed E-state index contributed by atoms with van der Waals surface area (Å²) in [5.41, 5.74) is 0.783. The second-order valence-corrected chi connectivity index (χ2v) is 3.71. The summed E-state index contributed by atoms with van der Waals surface area (Å²) < 4.78 is 25.2. The van der Waals surface area contributed by atoms with Gasteiger partial charge in [-0.25, -0.2) is 0 Å². The second-order valence-electron chi connectivity index (χ2n) is 2.07. The van der Waals surface area contributed by atoms with Crippen molar-refractivity contribution < 1.29 is 12.6 Å². The predicted molar refractivity (Wildman–Crippen MR) is 40.2 cm³/mol. The van der Waals surface area contributed by atoms with Gasteiger partial charge in [-0.2, -0.15) is 8.42 Å². The van der Waals surface area contributed by atoms with Crippen LogP contribution in [0.1, 0.15) is 13.3 Å². The molecule has 0 spiro atoms. The van der Waals surface area contributed by atoms with Gasteiger partial charge >= 0.3 is 0 Å². The molecule has 0 unspecified atom stereocenters. The first-order valence-corrected chi connectivity index (χ1v) is 4.78. The molecular weight excluding hydrogens is 152 g/mol. The van der Waals surface area contributed by atoms with Crippen molar-refractivity contribution in [3.63, 3.8) is 0 Å². The van der Waals surface area contributed by atoms with Gasteiger partial charge in [0, 0.05) is 0 Å². The fourth-order valence-electron chi connectivity index (χ4n) is 0.292. The summed E-state index contributed by atoms with van der Waals surface area (Å²) in [5, 5.41) is 0. The first-order chi connectivity index (χ1) is 4.45. The van der Waals surface area contributed by atoms with Crippen LogP contribution < -0.4 is 0 Å². The molecule has 0 saturated carbocycles. The van der Waals surface area contributed by atoms with Crippen molar-refractivity contribution in [1.82, 2.24) is 0 Å². The van der Waals surface area contributed by atoms with Gasteiger partial charge in [0.2, 0.25) is 0 Å². The van der Waals surface area contributed by atoms with E-state index in [9.17, 15) is 8.42 Å². The normalized spacial score (nSPS) is 11.4. The molecule has 0 N–H and O–H groups in total. The Labute approximate surface area is 61.8 Å². The molecule has 0 aliphatic heterocycles. The minimum Gasteiger partial charge on any atom is -0.266 e. The van der Waals surface area contributed by atoms with Gasteiger partial charge in [-0.1, -0.05) is 19.1 Å². The van der Waals surface area contributed by atoms with E-state index in [1.807, 2.05) is 6.92 Å². The molecular formula is C6H12O3S. The molecule has 0 bridgehead atoms. The van der Waals surface area contributed by atoms with Crippen LogP contribution in [0, 0.1) is 0 Å². The van der Waals surface area contributed by atoms with E-state index >= 15 is 0 Å². The Kier molecular flexibility index (Phi) is 3.60. The molecule has 10 heavy (non-hydrogen) atoms. The third kappa shape index (κ3) is 5.78. The van der Waals surface area contributed by atoms with Crippen molar-refractivity contribution in [1.29, 1.82) is 0 Å². The van der Waals surface area contributed by atoms with Crippen molar-refractivity contribution in [2.75, 3.05) is 12.9 Å². The summed E-state index contributed by atoms with van der Waals surface area (Å²) >= 11 is 0. The summed E-state index contributed by atoms with van der Waals surface area (Å²) in [5.74, 6) is 0. The van der Waals surface area contributed by atoms with Gasteiger partial charge in [0.1, 0.15) is 0 Å². The maximum atomic E-state index is 10.4. The Morgan fingerprint density at radius 2 is 2.10 bits per heavy atom. The fourth-order valence-corrected chi connectivity index (χ4v) is 0.673. The third-order valence-corrected chi connectivity index (χ3v) is 1.52. The predicted octanol–water partition coefficient (Wildman–Crippen LogP) is 0.929. The van der Waals surface area contributed by atoms with Crippen LogP contribution in [0.25, 0.3) is 0 Å². The molecule has 0 heterocycles. The van der Waals surface area contributed by atoms with E-state index in [2.05, 4.69) is 10.8 Å². The van der Waals surface area contributed by atoms with Crippen LogP contribution in [0.15, 0.2) is 12.2 Å². The lowest BCUT2D eigenvalue weighted by Crippen LogP contribution is -2.04. The quantitative estimate of drug-likeness (QED) is 0.458. The van der Waals surface area contributed by atoms with E-state index in [0.29, 0.717) is 0 Å². The molecule has 4 heteroatoms. The summed E-state index contributed by atoms with van der Waals surface area (Å²) in [6.45, 7) is 5.59. The Morgan fingerprint density at radius 1 is 1.60 bits per heavy atom. The number of rotatable bonds is 4. The summed E-state index contributed by atoms with van der Waals surface area (Å²) in [6, 6.07) is 0. The van der Waals surface area contributed by atoms with Crippen molar-refractivity contribution in [3.05, 3.63) is 12.2 Å². The van der Waals surface area contributed by atoms with E-state index in [-0.39, 0.29) is 6.61 Å². The first kappa shape index (κ1) is 9.65. The van der Waals surface area contributed by atoms with Crippen LogP contribution in [0.5, 0.6) is 0 Å². The molecule has 0 atom stereocenters. The molecule has 0 aliphatic rings. The van der Waals surface area contributed by atoms with E-state index in [1.54, 1.807) is 0 Å². The molecule has 0 radical (unpaired) electrons. The Balaban J connectivity index is 3.67. The van der Waals surface area contributed by atoms with E-state index < -0.39 is 10.1 Å². The highest BCUT2D eigenvalue weighted by molar-refractivity contribution is 7.85. The lowest BCUT2D eigenvalue weighted by Gasteiger charge is -2.00. The standard InChI is InChI=1S/C6H12O3S/c1-4-6(2)5-9-10(3,7)8/h2,4-5H2,1,3H3. The maximum Gasteiger partial charge on any atom is 0.264 e. The van der Waals surface area contributed by atoms with Crippen LogP contribution in [-0.4, -0.2) is 21.3 Å². The van der Waals surface area contributed by atoms with Crippen molar-refractivity contribution in [2.45, 2.75) is 13.3 Å². The van der Waals surface area contributed by atoms with Gasteiger partial charge < -0.3 is 0 Å². The summed E-state index contributed by atoms with van der Waals surface area (Å²) in [4.78, 5) is 0. The maximum absolute atomic E-state index is 10.4. The van der Waals surface area contributed by atoms with Crippen molar-refractivity contribution in [2.24, 2.45) is 0 Å². The van der Waals surface area contributed by atoms with Crippen LogP contribution in [0.3, 0.4) is 0 Å². The highest BCUT2D eigenvalue weighted by atomic mass is 32.2. The monoisotopic (exact) mass is 164 g/mol. The molecule has 0 saturated heterocycles. The Morgan fingerprint density at radius 3 is 2.40 bits per heavy atom. The van der Waals surface area contributed by atoms with Crippen molar-refractivity contribution >= 4 is 10.1 Å². The molecule has 60 valence electrons. The highest BCUT2D eigenvalue weighted by Crippen LogP contribution is 1.98. The molecule has 0 aromatic heterocycles. The first-order valence-electron chi connectivity index (χ1n) is 2.96. The average Bonchev–Trinajstić information content (AvgIpc) is 1.81. The molecule has 0 aliphatic carbocycles. The lowest BCUT2D eigenvalue weighted by atomic mass is 10.3. The Hall–Kier alpha value is -0.350. The average molecular weight is 164 g/mol. The van der Waals surface area contributed by atoms with Gasteiger partial charge in [0.25, 0.3) is 10.1 Å². The highest BCUT2D eigenvalue weighted by Gasteiger charge is 2.00. The smallest absolute Gasteiger partial charge is 0.264 e. The molecule has 0 aromatic rings. The zero-order valence-electron chi connectivity index (χ0n) is 6.25. The minimum absolute atomic E-state index is 0.106. The Bertz CT molecular complexity index is 203. The minimum atomic E-state index is -3.29. The van der Waals surface area contributed by atoms with Gasteiger partial charge in [-0.15, -0.1) is 0 Å². The van der Waals surface area contributed by atoms with E-state index in [0.717, 1.165) is 18.2 Å². The van der Waals surface area contributed by atoms with Gasteiger partial charge in [-0.3, -0.25) is 4.18 Å². The zero-order valence-corrected chi connectivity index (χ0v) is 7.07. The van der Waals surface area contributed by atoms with Gasteiger partial charge in [0.05, 0.1) is 12.9 Å². The van der Waals surface area contributed by atoms with Crippen molar-refractivity contribution in [3.8, 4) is 0 Å². The SMILES string of the molecule is C=C(CC)COS(C)(=O)=O. The molecule has 0 amide bonds. The number of hydrogen-bond donors (Lipinski definition) is 0. The van der Waals surface area contributed by atoms with Crippen LogP contribution >= 0.6 is 0 Å². The summed E-state index contributed by atoms with van der Waals surface area (Å²) in [6.07, 6.45) is 1.77. The third-order valence-electron chi connectivity index (χ3n) is 0.977. The van der Waals surface area contributed by atoms with E-state index in [4.69, 9.17) is 0 Å². The van der Waals surface area contributed by atoms with Crippen LogP contribution in [0.2, 0.25) is 0 Å². The van der Waals surface area contributed by atoms with Gasteiger partial charge in [0.15, 0.2) is 0 Å². The number of hydrogen-bond acceptors (Lipinski definition) is 3. The van der Waals surface area contributed by atoms with E-state index in [1.165, 1.54) is 0 Å². The lowest BCUT2D eigenvalue weighted by molar-refractivity contribution is 0.350. The van der Waals surface area contributed by atoms with Gasteiger partial charge in [-0.05, 0) is 6.42 Å². The van der Waals surface area contributed by atoms with Crippen LogP contribution in [-0.2, 0) is 14.3 Å². The molecule has 0 rings (SSSR count). The largest absolute Gasteiger partial charge is 0.266 e. The fraction of sp³-hybridized carbons (Fsp3) is 0.667.